The Labute approximate surface area is 102 Å². The maximum atomic E-state index is 2.34. The highest BCUT2D eigenvalue weighted by Gasteiger charge is 2.33. The topological polar surface area (TPSA) is 0 Å². The Kier molecular flexibility index (Phi) is 1.69. The number of benzene rings is 2. The molecule has 0 saturated heterocycles. The molecule has 4 rings (SSSR count). The molecule has 1 atom stereocenters. The van der Waals surface area contributed by atoms with Gasteiger partial charge in [0.15, 0.2) is 0 Å². The third-order valence-electron chi connectivity index (χ3n) is 4.21. The molecule has 0 aliphatic heterocycles. The van der Waals surface area contributed by atoms with Gasteiger partial charge in [-0.2, -0.15) is 0 Å². The average Bonchev–Trinajstić information content (AvgIpc) is 2.88. The minimum atomic E-state index is 0.591. The zero-order chi connectivity index (χ0) is 11.4. The molecule has 0 radical (unpaired) electrons. The van der Waals surface area contributed by atoms with Crippen molar-refractivity contribution >= 4 is 5.57 Å². The van der Waals surface area contributed by atoms with Gasteiger partial charge in [0, 0.05) is 5.92 Å². The molecule has 0 amide bonds. The van der Waals surface area contributed by atoms with Crippen LogP contribution in [0.25, 0.3) is 5.57 Å². The molecule has 2 aliphatic rings. The van der Waals surface area contributed by atoms with Crippen molar-refractivity contribution in [2.24, 2.45) is 0 Å². The van der Waals surface area contributed by atoms with Crippen LogP contribution in [0.2, 0.25) is 0 Å². The molecule has 2 aromatic rings. The number of rotatable bonds is 0. The third-order valence-corrected chi connectivity index (χ3v) is 4.21. The fourth-order valence-corrected chi connectivity index (χ4v) is 3.36. The lowest BCUT2D eigenvalue weighted by molar-refractivity contribution is 0.884. The summed E-state index contributed by atoms with van der Waals surface area (Å²) in [5.74, 6) is 0.591. The molecular weight excluding hydrogens is 204 g/mol. The van der Waals surface area contributed by atoms with Crippen molar-refractivity contribution in [3.8, 4) is 0 Å². The van der Waals surface area contributed by atoms with E-state index in [1.54, 1.807) is 5.57 Å². The fraction of sp³-hybridized carbons (Fsp3) is 0.176. The van der Waals surface area contributed by atoms with Gasteiger partial charge in [0.2, 0.25) is 0 Å². The SMILES string of the molecule is CC1C2=C(c3ccccc3C2)c2ccccc21. The van der Waals surface area contributed by atoms with Crippen LogP contribution < -0.4 is 0 Å². The summed E-state index contributed by atoms with van der Waals surface area (Å²) >= 11 is 0. The highest BCUT2D eigenvalue weighted by Crippen LogP contribution is 2.50. The van der Waals surface area contributed by atoms with Gasteiger partial charge in [-0.15, -0.1) is 0 Å². The van der Waals surface area contributed by atoms with Gasteiger partial charge in [-0.3, -0.25) is 0 Å². The summed E-state index contributed by atoms with van der Waals surface area (Å²) in [6.07, 6.45) is 1.14. The Hall–Kier alpha value is -1.82. The van der Waals surface area contributed by atoms with Crippen LogP contribution in [0, 0.1) is 0 Å². The van der Waals surface area contributed by atoms with E-state index in [1.807, 2.05) is 0 Å². The number of hydrogen-bond donors (Lipinski definition) is 0. The number of fused-ring (bicyclic) bond motifs is 4. The van der Waals surface area contributed by atoms with Gasteiger partial charge in [-0.25, -0.2) is 0 Å². The summed E-state index contributed by atoms with van der Waals surface area (Å²) in [7, 11) is 0. The molecule has 0 heteroatoms. The zero-order valence-electron chi connectivity index (χ0n) is 9.90. The minimum Gasteiger partial charge on any atom is -0.0619 e. The first-order chi connectivity index (χ1) is 8.36. The monoisotopic (exact) mass is 218 g/mol. The minimum absolute atomic E-state index is 0.591. The second-order valence-electron chi connectivity index (χ2n) is 5.04. The molecule has 0 heterocycles. The number of hydrogen-bond acceptors (Lipinski definition) is 0. The molecule has 0 nitrogen and oxygen atoms in total. The summed E-state index contributed by atoms with van der Waals surface area (Å²) < 4.78 is 0. The van der Waals surface area contributed by atoms with Crippen molar-refractivity contribution in [3.63, 3.8) is 0 Å². The predicted molar refractivity (Wildman–Crippen MR) is 71.0 cm³/mol. The molecule has 0 fully saturated rings. The zero-order valence-corrected chi connectivity index (χ0v) is 9.90. The van der Waals surface area contributed by atoms with Crippen LogP contribution in [-0.4, -0.2) is 0 Å². The van der Waals surface area contributed by atoms with Crippen molar-refractivity contribution in [1.82, 2.24) is 0 Å². The highest BCUT2D eigenvalue weighted by molar-refractivity contribution is 5.92. The van der Waals surface area contributed by atoms with Crippen molar-refractivity contribution in [2.45, 2.75) is 19.3 Å². The highest BCUT2D eigenvalue weighted by atomic mass is 14.4. The predicted octanol–water partition coefficient (Wildman–Crippen LogP) is 4.16. The molecule has 0 bridgehead atoms. The maximum Gasteiger partial charge on any atom is 0.00387 e. The van der Waals surface area contributed by atoms with Crippen LogP contribution >= 0.6 is 0 Å². The molecule has 17 heavy (non-hydrogen) atoms. The first-order valence-electron chi connectivity index (χ1n) is 6.27. The summed E-state index contributed by atoms with van der Waals surface area (Å²) in [5, 5.41) is 0. The van der Waals surface area contributed by atoms with Crippen molar-refractivity contribution in [3.05, 3.63) is 76.4 Å². The molecule has 2 aromatic carbocycles. The largest absolute Gasteiger partial charge is 0.0619 e. The quantitative estimate of drug-likeness (QED) is 0.622. The third kappa shape index (κ3) is 1.08. The van der Waals surface area contributed by atoms with Gasteiger partial charge in [-0.05, 0) is 34.2 Å². The average molecular weight is 218 g/mol. The van der Waals surface area contributed by atoms with E-state index in [2.05, 4.69) is 55.5 Å². The van der Waals surface area contributed by atoms with Gasteiger partial charge >= 0.3 is 0 Å². The van der Waals surface area contributed by atoms with Crippen LogP contribution in [0.3, 0.4) is 0 Å². The lowest BCUT2D eigenvalue weighted by Gasteiger charge is -2.11. The van der Waals surface area contributed by atoms with Crippen LogP contribution in [0.1, 0.15) is 35.1 Å². The van der Waals surface area contributed by atoms with Gasteiger partial charge < -0.3 is 0 Å². The molecule has 2 aliphatic carbocycles. The molecule has 0 aromatic heterocycles. The Bertz CT molecular complexity index is 647. The number of allylic oxidation sites excluding steroid dienone is 1. The lowest BCUT2D eigenvalue weighted by Crippen LogP contribution is -1.96. The summed E-state index contributed by atoms with van der Waals surface area (Å²) in [6.45, 7) is 2.34. The summed E-state index contributed by atoms with van der Waals surface area (Å²) in [5.41, 5.74) is 9.06. The van der Waals surface area contributed by atoms with Gasteiger partial charge in [-0.1, -0.05) is 61.0 Å². The molecule has 0 saturated carbocycles. The fourth-order valence-electron chi connectivity index (χ4n) is 3.36. The molecule has 1 unspecified atom stereocenters. The Balaban J connectivity index is 2.02. The van der Waals surface area contributed by atoms with Crippen LogP contribution in [0.5, 0.6) is 0 Å². The van der Waals surface area contributed by atoms with E-state index in [4.69, 9.17) is 0 Å². The summed E-state index contributed by atoms with van der Waals surface area (Å²) in [4.78, 5) is 0. The van der Waals surface area contributed by atoms with Crippen LogP contribution in [0.15, 0.2) is 54.1 Å². The van der Waals surface area contributed by atoms with Crippen molar-refractivity contribution < 1.29 is 0 Å². The summed E-state index contributed by atoms with van der Waals surface area (Å²) in [6, 6.07) is 17.7. The van der Waals surface area contributed by atoms with E-state index in [0.29, 0.717) is 5.92 Å². The normalized spacial score (nSPS) is 20.2. The second kappa shape index (κ2) is 3.10. The van der Waals surface area contributed by atoms with Gasteiger partial charge in [0.05, 0.1) is 0 Å². The van der Waals surface area contributed by atoms with E-state index < -0.39 is 0 Å². The van der Waals surface area contributed by atoms with Crippen molar-refractivity contribution in [1.29, 1.82) is 0 Å². The van der Waals surface area contributed by atoms with E-state index in [1.165, 1.54) is 27.8 Å². The van der Waals surface area contributed by atoms with E-state index >= 15 is 0 Å². The standard InChI is InChI=1S/C17H14/c1-11-13-7-4-5-9-15(13)17-14-8-3-2-6-12(14)10-16(11)17/h2-9,11H,10H2,1H3. The first-order valence-corrected chi connectivity index (χ1v) is 6.27. The molecule has 0 spiro atoms. The van der Waals surface area contributed by atoms with E-state index in [-0.39, 0.29) is 0 Å². The van der Waals surface area contributed by atoms with Gasteiger partial charge in [0.1, 0.15) is 0 Å². The van der Waals surface area contributed by atoms with E-state index in [9.17, 15) is 0 Å². The second-order valence-corrected chi connectivity index (χ2v) is 5.04. The Morgan fingerprint density at radius 1 is 0.882 bits per heavy atom. The maximum absolute atomic E-state index is 2.34. The molecular formula is C17H14. The smallest absolute Gasteiger partial charge is 0.00387 e. The first kappa shape index (κ1) is 9.23. The van der Waals surface area contributed by atoms with E-state index in [0.717, 1.165) is 6.42 Å². The van der Waals surface area contributed by atoms with Crippen molar-refractivity contribution in [2.75, 3.05) is 0 Å². The Morgan fingerprint density at radius 2 is 1.59 bits per heavy atom. The van der Waals surface area contributed by atoms with Gasteiger partial charge in [0.25, 0.3) is 0 Å². The Morgan fingerprint density at radius 3 is 2.47 bits per heavy atom. The van der Waals surface area contributed by atoms with Crippen LogP contribution in [0.4, 0.5) is 0 Å². The molecule has 82 valence electrons. The molecule has 0 N–H and O–H groups in total. The lowest BCUT2D eigenvalue weighted by atomic mass is 9.93. The van der Waals surface area contributed by atoms with Crippen LogP contribution in [-0.2, 0) is 6.42 Å².